The summed E-state index contributed by atoms with van der Waals surface area (Å²) in [5.74, 6) is 1.17. The van der Waals surface area contributed by atoms with Crippen LogP contribution in [0.3, 0.4) is 0 Å². The zero-order valence-corrected chi connectivity index (χ0v) is 15.4. The zero-order valence-electron chi connectivity index (χ0n) is 15.4. The van der Waals surface area contributed by atoms with Gasteiger partial charge in [0.1, 0.15) is 11.6 Å². The SMILES string of the molecule is CN(C)Cc1cc(C2CC(=O)Nc3c2cnn3C2CCCC2)ccc1O. The number of hydrogen-bond donors (Lipinski definition) is 2. The molecule has 2 heterocycles. The summed E-state index contributed by atoms with van der Waals surface area (Å²) in [7, 11) is 3.95. The zero-order chi connectivity index (χ0) is 18.3. The Morgan fingerprint density at radius 3 is 2.81 bits per heavy atom. The van der Waals surface area contributed by atoms with Crippen LogP contribution in [0.4, 0.5) is 5.82 Å². The maximum absolute atomic E-state index is 12.4. The second-order valence-corrected chi connectivity index (χ2v) is 7.76. The Hall–Kier alpha value is -2.34. The molecule has 4 rings (SSSR count). The van der Waals surface area contributed by atoms with Gasteiger partial charge in [0.25, 0.3) is 0 Å². The third kappa shape index (κ3) is 3.09. The lowest BCUT2D eigenvalue weighted by molar-refractivity contribution is -0.116. The van der Waals surface area contributed by atoms with E-state index in [1.807, 2.05) is 42.0 Å². The van der Waals surface area contributed by atoms with Gasteiger partial charge in [0.2, 0.25) is 5.91 Å². The molecule has 2 aromatic rings. The number of carbonyl (C=O) groups excluding carboxylic acids is 1. The van der Waals surface area contributed by atoms with E-state index in [0.717, 1.165) is 35.3 Å². The van der Waals surface area contributed by atoms with E-state index in [1.165, 1.54) is 12.8 Å². The number of phenols is 1. The molecule has 2 aliphatic rings. The van der Waals surface area contributed by atoms with Crippen molar-refractivity contribution in [2.24, 2.45) is 0 Å². The number of carbonyl (C=O) groups is 1. The Morgan fingerprint density at radius 2 is 2.08 bits per heavy atom. The number of amides is 1. The van der Waals surface area contributed by atoms with E-state index in [9.17, 15) is 9.90 Å². The van der Waals surface area contributed by atoms with Crippen LogP contribution in [0.25, 0.3) is 0 Å². The van der Waals surface area contributed by atoms with Crippen LogP contribution in [0.1, 0.15) is 60.8 Å². The molecule has 6 heteroatoms. The van der Waals surface area contributed by atoms with Gasteiger partial charge in [0, 0.05) is 30.0 Å². The molecule has 1 aliphatic carbocycles. The van der Waals surface area contributed by atoms with Gasteiger partial charge in [-0.05, 0) is 38.6 Å². The minimum absolute atomic E-state index is 0.0181. The van der Waals surface area contributed by atoms with Gasteiger partial charge < -0.3 is 15.3 Å². The molecule has 6 nitrogen and oxygen atoms in total. The molecule has 0 spiro atoms. The van der Waals surface area contributed by atoms with Crippen molar-refractivity contribution < 1.29 is 9.90 Å². The topological polar surface area (TPSA) is 70.4 Å². The van der Waals surface area contributed by atoms with Crippen molar-refractivity contribution in [2.45, 2.75) is 50.6 Å². The fourth-order valence-electron chi connectivity index (χ4n) is 4.25. The highest BCUT2D eigenvalue weighted by Crippen LogP contribution is 2.41. The summed E-state index contributed by atoms with van der Waals surface area (Å²) in [6.07, 6.45) is 7.03. The summed E-state index contributed by atoms with van der Waals surface area (Å²) >= 11 is 0. The van der Waals surface area contributed by atoms with Crippen LogP contribution in [0.15, 0.2) is 24.4 Å². The molecule has 1 fully saturated rings. The molecule has 1 atom stereocenters. The van der Waals surface area contributed by atoms with Crippen LogP contribution in [0.2, 0.25) is 0 Å². The molecule has 0 bridgehead atoms. The van der Waals surface area contributed by atoms with Crippen LogP contribution >= 0.6 is 0 Å². The van der Waals surface area contributed by atoms with Gasteiger partial charge in [0.05, 0.1) is 12.2 Å². The summed E-state index contributed by atoms with van der Waals surface area (Å²) in [5.41, 5.74) is 3.02. The molecule has 1 aromatic carbocycles. The second kappa shape index (κ2) is 6.76. The number of aromatic nitrogens is 2. The highest BCUT2D eigenvalue weighted by Gasteiger charge is 2.32. The van der Waals surface area contributed by atoms with E-state index in [4.69, 9.17) is 0 Å². The number of anilines is 1. The highest BCUT2D eigenvalue weighted by atomic mass is 16.3. The van der Waals surface area contributed by atoms with Crippen LogP contribution in [0.5, 0.6) is 5.75 Å². The minimum Gasteiger partial charge on any atom is -0.508 e. The summed E-state index contributed by atoms with van der Waals surface area (Å²) in [6, 6.07) is 6.08. The van der Waals surface area contributed by atoms with Crippen LogP contribution in [-0.2, 0) is 11.3 Å². The van der Waals surface area contributed by atoms with Gasteiger partial charge >= 0.3 is 0 Å². The largest absolute Gasteiger partial charge is 0.508 e. The third-order valence-corrected chi connectivity index (χ3v) is 5.51. The Kier molecular flexibility index (Phi) is 4.44. The number of aromatic hydroxyl groups is 1. The Labute approximate surface area is 153 Å². The Balaban J connectivity index is 1.71. The van der Waals surface area contributed by atoms with Crippen molar-refractivity contribution in [3.8, 4) is 5.75 Å². The Bertz CT molecular complexity index is 821. The predicted molar refractivity (Wildman–Crippen MR) is 100 cm³/mol. The van der Waals surface area contributed by atoms with Crippen molar-refractivity contribution >= 4 is 11.7 Å². The molecule has 1 unspecified atom stereocenters. The van der Waals surface area contributed by atoms with Crippen LogP contribution in [-0.4, -0.2) is 39.8 Å². The normalized spacial score (nSPS) is 20.4. The summed E-state index contributed by atoms with van der Waals surface area (Å²) < 4.78 is 2.02. The third-order valence-electron chi connectivity index (χ3n) is 5.51. The molecular weight excluding hydrogens is 328 g/mol. The quantitative estimate of drug-likeness (QED) is 0.884. The van der Waals surface area contributed by atoms with Gasteiger partial charge in [-0.15, -0.1) is 0 Å². The van der Waals surface area contributed by atoms with Crippen LogP contribution in [0, 0.1) is 0 Å². The molecule has 2 N–H and O–H groups in total. The van der Waals surface area contributed by atoms with Gasteiger partial charge in [-0.2, -0.15) is 5.10 Å². The number of nitrogens with zero attached hydrogens (tertiary/aromatic N) is 3. The fraction of sp³-hybridized carbons (Fsp3) is 0.500. The first-order valence-corrected chi connectivity index (χ1v) is 9.36. The van der Waals surface area contributed by atoms with Gasteiger partial charge in [0.15, 0.2) is 0 Å². The number of benzene rings is 1. The van der Waals surface area contributed by atoms with E-state index in [1.54, 1.807) is 6.07 Å². The molecule has 1 saturated carbocycles. The van der Waals surface area contributed by atoms with Gasteiger partial charge in [-0.25, -0.2) is 4.68 Å². The molecule has 26 heavy (non-hydrogen) atoms. The summed E-state index contributed by atoms with van der Waals surface area (Å²) in [5, 5.41) is 17.8. The average Bonchev–Trinajstić information content (AvgIpc) is 3.24. The van der Waals surface area contributed by atoms with E-state index in [0.29, 0.717) is 24.8 Å². The maximum Gasteiger partial charge on any atom is 0.226 e. The highest BCUT2D eigenvalue weighted by molar-refractivity contribution is 5.94. The molecule has 1 amide bonds. The monoisotopic (exact) mass is 354 g/mol. The fourth-order valence-corrected chi connectivity index (χ4v) is 4.25. The first-order chi connectivity index (χ1) is 12.5. The number of hydrogen-bond acceptors (Lipinski definition) is 4. The predicted octanol–water partition coefficient (Wildman–Crippen LogP) is 3.24. The van der Waals surface area contributed by atoms with Gasteiger partial charge in [-0.1, -0.05) is 25.0 Å². The first-order valence-electron chi connectivity index (χ1n) is 9.36. The lowest BCUT2D eigenvalue weighted by atomic mass is 9.86. The molecule has 1 aromatic heterocycles. The molecule has 138 valence electrons. The summed E-state index contributed by atoms with van der Waals surface area (Å²) in [4.78, 5) is 14.4. The van der Waals surface area contributed by atoms with Crippen molar-refractivity contribution in [1.29, 1.82) is 0 Å². The smallest absolute Gasteiger partial charge is 0.226 e. The van der Waals surface area contributed by atoms with Gasteiger partial charge in [-0.3, -0.25) is 4.79 Å². The standard InChI is InChI=1S/C20H26N4O2/c1-23(2)12-14-9-13(7-8-18(14)25)16-10-19(26)22-20-17(16)11-21-24(20)15-5-3-4-6-15/h7-9,11,15-16,25H,3-6,10,12H2,1-2H3,(H,22,26). The van der Waals surface area contributed by atoms with Crippen molar-refractivity contribution in [1.82, 2.24) is 14.7 Å². The molecule has 1 aliphatic heterocycles. The maximum atomic E-state index is 12.4. The lowest BCUT2D eigenvalue weighted by Gasteiger charge is -2.26. The lowest BCUT2D eigenvalue weighted by Crippen LogP contribution is -2.25. The summed E-state index contributed by atoms with van der Waals surface area (Å²) in [6.45, 7) is 0.660. The second-order valence-electron chi connectivity index (χ2n) is 7.76. The molecule has 0 saturated heterocycles. The number of nitrogens with one attached hydrogen (secondary N) is 1. The number of rotatable bonds is 4. The average molecular weight is 354 g/mol. The Morgan fingerprint density at radius 1 is 1.31 bits per heavy atom. The van der Waals surface area contributed by atoms with Crippen molar-refractivity contribution in [3.63, 3.8) is 0 Å². The number of fused-ring (bicyclic) bond motifs is 1. The minimum atomic E-state index is -0.0181. The van der Waals surface area contributed by atoms with Crippen LogP contribution < -0.4 is 5.32 Å². The molecular formula is C20H26N4O2. The first kappa shape index (κ1) is 17.1. The van der Waals surface area contributed by atoms with E-state index in [2.05, 4.69) is 10.4 Å². The number of phenolic OH excluding ortho intramolecular Hbond substituents is 1. The van der Waals surface area contributed by atoms with E-state index in [-0.39, 0.29) is 11.8 Å². The molecule has 0 radical (unpaired) electrons. The van der Waals surface area contributed by atoms with Crippen molar-refractivity contribution in [3.05, 3.63) is 41.1 Å². The van der Waals surface area contributed by atoms with E-state index >= 15 is 0 Å². The van der Waals surface area contributed by atoms with Crippen molar-refractivity contribution in [2.75, 3.05) is 19.4 Å². The van der Waals surface area contributed by atoms with E-state index < -0.39 is 0 Å².